The van der Waals surface area contributed by atoms with Crippen LogP contribution in [-0.2, 0) is 0 Å². The Hall–Kier alpha value is -3.12. The highest BCUT2D eigenvalue weighted by Gasteiger charge is 2.15. The highest BCUT2D eigenvalue weighted by Crippen LogP contribution is 2.21. The van der Waals surface area contributed by atoms with Crippen LogP contribution in [0.25, 0.3) is 5.69 Å². The van der Waals surface area contributed by atoms with Crippen LogP contribution in [0.2, 0.25) is 5.02 Å². The lowest BCUT2D eigenvalue weighted by molar-refractivity contribution is 0.102. The molecule has 1 amide bonds. The second kappa shape index (κ2) is 8.09. The molecule has 1 aromatic heterocycles. The molecule has 0 bridgehead atoms. The largest absolute Gasteiger partial charge is 0.355 e. The summed E-state index contributed by atoms with van der Waals surface area (Å²) in [5.74, 6) is 0.544. The van der Waals surface area contributed by atoms with E-state index in [4.69, 9.17) is 11.6 Å². The first kappa shape index (κ1) is 19.2. The van der Waals surface area contributed by atoms with Crippen LogP contribution < -0.4 is 15.8 Å². The average molecular weight is 409 g/mol. The average Bonchev–Trinajstić information content (AvgIpc) is 3.26. The number of hydrogen-bond donors (Lipinski definition) is 1. The number of nitrogens with one attached hydrogen (secondary N) is 1. The van der Waals surface area contributed by atoms with Gasteiger partial charge in [0.25, 0.3) is 11.5 Å². The second-order valence-electron chi connectivity index (χ2n) is 7.10. The zero-order valence-corrected chi connectivity index (χ0v) is 16.8. The summed E-state index contributed by atoms with van der Waals surface area (Å²) in [7, 11) is 0. The van der Waals surface area contributed by atoms with Crippen molar-refractivity contribution in [2.24, 2.45) is 0 Å². The van der Waals surface area contributed by atoms with Gasteiger partial charge in [0.05, 0.1) is 5.69 Å². The van der Waals surface area contributed by atoms with Gasteiger partial charge in [-0.2, -0.15) is 4.68 Å². The van der Waals surface area contributed by atoms with Crippen molar-refractivity contribution in [2.75, 3.05) is 23.3 Å². The zero-order chi connectivity index (χ0) is 20.4. The van der Waals surface area contributed by atoms with Crippen LogP contribution in [0.3, 0.4) is 0 Å². The normalized spacial score (nSPS) is 13.5. The van der Waals surface area contributed by atoms with Crippen LogP contribution >= 0.6 is 11.6 Å². The Morgan fingerprint density at radius 1 is 1.03 bits per heavy atom. The van der Waals surface area contributed by atoms with Crippen LogP contribution in [0.15, 0.2) is 59.4 Å². The number of benzene rings is 2. The molecule has 148 valence electrons. The number of halogens is 1. The van der Waals surface area contributed by atoms with Crippen LogP contribution in [0.4, 0.5) is 11.5 Å². The third-order valence-electron chi connectivity index (χ3n) is 5.02. The number of rotatable bonds is 4. The number of carbonyl (C=O) groups excluding carboxylic acids is 1. The highest BCUT2D eigenvalue weighted by molar-refractivity contribution is 6.31. The minimum atomic E-state index is -0.248. The SMILES string of the molecule is Cc1ccc(NC(=O)c2ccc(-n3nc(N4CCCC4)ccc3=O)cc2)cc1Cl. The fraction of sp³-hybridized carbons (Fsp3) is 0.227. The van der Waals surface area contributed by atoms with Crippen LogP contribution in [-0.4, -0.2) is 28.8 Å². The predicted octanol–water partition coefficient (Wildman–Crippen LogP) is 4.05. The maximum atomic E-state index is 12.5. The fourth-order valence-electron chi connectivity index (χ4n) is 3.33. The summed E-state index contributed by atoms with van der Waals surface area (Å²) in [4.78, 5) is 27.0. The molecule has 4 rings (SSSR count). The molecule has 0 saturated carbocycles. The number of amides is 1. The van der Waals surface area contributed by atoms with Gasteiger partial charge in [0.2, 0.25) is 0 Å². The molecule has 2 heterocycles. The molecule has 7 heteroatoms. The zero-order valence-electron chi connectivity index (χ0n) is 16.1. The van der Waals surface area contributed by atoms with Crippen LogP contribution in [0.1, 0.15) is 28.8 Å². The van der Waals surface area contributed by atoms with Gasteiger partial charge in [0, 0.05) is 35.4 Å². The van der Waals surface area contributed by atoms with Crippen molar-refractivity contribution >= 4 is 29.0 Å². The van der Waals surface area contributed by atoms with Crippen molar-refractivity contribution in [3.63, 3.8) is 0 Å². The molecule has 3 aromatic rings. The van der Waals surface area contributed by atoms with Crippen LogP contribution in [0.5, 0.6) is 0 Å². The molecular formula is C22H21ClN4O2. The minimum absolute atomic E-state index is 0.209. The molecule has 6 nitrogen and oxygen atoms in total. The van der Waals surface area contributed by atoms with Crippen molar-refractivity contribution in [3.05, 3.63) is 81.1 Å². The van der Waals surface area contributed by atoms with Gasteiger partial charge in [-0.05, 0) is 67.8 Å². The number of aryl methyl sites for hydroxylation is 1. The molecule has 1 N–H and O–H groups in total. The van der Waals surface area contributed by atoms with Crippen molar-refractivity contribution in [3.8, 4) is 5.69 Å². The van der Waals surface area contributed by atoms with Gasteiger partial charge in [-0.25, -0.2) is 0 Å². The van der Waals surface area contributed by atoms with Crippen molar-refractivity contribution in [2.45, 2.75) is 19.8 Å². The van der Waals surface area contributed by atoms with Gasteiger partial charge in [-0.15, -0.1) is 5.10 Å². The smallest absolute Gasteiger partial charge is 0.271 e. The molecular weight excluding hydrogens is 388 g/mol. The van der Waals surface area contributed by atoms with E-state index in [-0.39, 0.29) is 11.5 Å². The Labute approximate surface area is 173 Å². The summed E-state index contributed by atoms with van der Waals surface area (Å²) >= 11 is 6.11. The topological polar surface area (TPSA) is 67.2 Å². The molecule has 0 spiro atoms. The predicted molar refractivity (Wildman–Crippen MR) is 115 cm³/mol. The van der Waals surface area contributed by atoms with Gasteiger partial charge in [-0.1, -0.05) is 17.7 Å². The van der Waals surface area contributed by atoms with Gasteiger partial charge in [-0.3, -0.25) is 9.59 Å². The molecule has 0 atom stereocenters. The lowest BCUT2D eigenvalue weighted by Gasteiger charge is -2.17. The maximum Gasteiger partial charge on any atom is 0.271 e. The molecule has 29 heavy (non-hydrogen) atoms. The van der Waals surface area contributed by atoms with Crippen LogP contribution in [0, 0.1) is 6.92 Å². The molecule has 1 aliphatic heterocycles. The first-order valence-corrected chi connectivity index (χ1v) is 9.92. The summed E-state index contributed by atoms with van der Waals surface area (Å²) in [6, 6.07) is 15.5. The first-order valence-electron chi connectivity index (χ1n) is 9.54. The number of carbonyl (C=O) groups is 1. The summed E-state index contributed by atoms with van der Waals surface area (Å²) in [6.07, 6.45) is 2.27. The van der Waals surface area contributed by atoms with E-state index in [0.717, 1.165) is 37.3 Å². The molecule has 1 saturated heterocycles. The second-order valence-corrected chi connectivity index (χ2v) is 7.51. The Balaban J connectivity index is 1.54. The van der Waals surface area contributed by atoms with E-state index in [1.54, 1.807) is 42.5 Å². The van der Waals surface area contributed by atoms with Gasteiger partial charge >= 0.3 is 0 Å². The van der Waals surface area contributed by atoms with E-state index in [9.17, 15) is 9.59 Å². The summed E-state index contributed by atoms with van der Waals surface area (Å²) < 4.78 is 1.37. The van der Waals surface area contributed by atoms with Gasteiger partial charge < -0.3 is 10.2 Å². The summed E-state index contributed by atoms with van der Waals surface area (Å²) in [5, 5.41) is 7.93. The summed E-state index contributed by atoms with van der Waals surface area (Å²) in [6.45, 7) is 3.81. The standard InChI is InChI=1S/C22H21ClN4O2/c1-15-4-7-17(14-19(15)23)24-22(29)16-5-8-18(9-6-16)27-21(28)11-10-20(25-27)26-12-2-3-13-26/h4-11,14H,2-3,12-13H2,1H3,(H,24,29). The lowest BCUT2D eigenvalue weighted by atomic mass is 10.1. The molecule has 2 aromatic carbocycles. The number of nitrogens with zero attached hydrogens (tertiary/aromatic N) is 3. The maximum absolute atomic E-state index is 12.5. The summed E-state index contributed by atoms with van der Waals surface area (Å²) in [5.41, 5.74) is 2.47. The molecule has 0 unspecified atom stereocenters. The number of hydrogen-bond acceptors (Lipinski definition) is 4. The van der Waals surface area contributed by atoms with Crippen molar-refractivity contribution in [1.82, 2.24) is 9.78 Å². The fourth-order valence-corrected chi connectivity index (χ4v) is 3.51. The monoisotopic (exact) mass is 408 g/mol. The van der Waals surface area contributed by atoms with Gasteiger partial charge in [0.1, 0.15) is 5.82 Å². The third-order valence-corrected chi connectivity index (χ3v) is 5.43. The lowest BCUT2D eigenvalue weighted by Crippen LogP contribution is -2.26. The Kier molecular flexibility index (Phi) is 5.36. The molecule has 1 fully saturated rings. The Morgan fingerprint density at radius 3 is 2.45 bits per heavy atom. The van der Waals surface area contributed by atoms with Crippen molar-refractivity contribution < 1.29 is 4.79 Å². The molecule has 0 aliphatic carbocycles. The van der Waals surface area contributed by atoms with E-state index in [1.165, 1.54) is 10.7 Å². The Morgan fingerprint density at radius 2 is 1.76 bits per heavy atom. The van der Waals surface area contributed by atoms with E-state index >= 15 is 0 Å². The third kappa shape index (κ3) is 4.17. The minimum Gasteiger partial charge on any atom is -0.355 e. The quantitative estimate of drug-likeness (QED) is 0.707. The Bertz CT molecular complexity index is 1100. The molecule has 0 radical (unpaired) electrons. The van der Waals surface area contributed by atoms with Gasteiger partial charge in [0.15, 0.2) is 0 Å². The van der Waals surface area contributed by atoms with Crippen molar-refractivity contribution in [1.29, 1.82) is 0 Å². The van der Waals surface area contributed by atoms with E-state index in [2.05, 4.69) is 15.3 Å². The number of aromatic nitrogens is 2. The first-order chi connectivity index (χ1) is 14.0. The van der Waals surface area contributed by atoms with E-state index in [1.807, 2.05) is 13.0 Å². The molecule has 1 aliphatic rings. The van der Waals surface area contributed by atoms with E-state index < -0.39 is 0 Å². The number of anilines is 2. The van der Waals surface area contributed by atoms with E-state index in [0.29, 0.717) is 22.0 Å². The highest BCUT2D eigenvalue weighted by atomic mass is 35.5.